The van der Waals surface area contributed by atoms with Crippen LogP contribution in [0.5, 0.6) is 0 Å². The molecule has 0 fully saturated rings. The number of hydrogen-bond donors (Lipinski definition) is 1. The quantitative estimate of drug-likeness (QED) is 0.883. The maximum absolute atomic E-state index is 12.9. The lowest BCUT2D eigenvalue weighted by Crippen LogP contribution is -2.38. The number of anilines is 1. The van der Waals surface area contributed by atoms with E-state index in [4.69, 9.17) is 0 Å². The summed E-state index contributed by atoms with van der Waals surface area (Å²) in [6.07, 6.45) is 4.51. The van der Waals surface area contributed by atoms with Crippen LogP contribution in [-0.4, -0.2) is 29.3 Å². The number of hydrogen-bond acceptors (Lipinski definition) is 3. The number of nitrogens with zero attached hydrogens (tertiary/aromatic N) is 3. The van der Waals surface area contributed by atoms with E-state index >= 15 is 0 Å². The van der Waals surface area contributed by atoms with E-state index in [1.54, 1.807) is 17.9 Å². The zero-order valence-electron chi connectivity index (χ0n) is 12.4. The molecule has 0 radical (unpaired) electrons. The van der Waals surface area contributed by atoms with E-state index < -0.39 is 0 Å². The third-order valence-corrected chi connectivity index (χ3v) is 4.30. The summed E-state index contributed by atoms with van der Waals surface area (Å²) in [4.78, 5) is 14.7. The van der Waals surface area contributed by atoms with Crippen molar-refractivity contribution in [2.24, 2.45) is 7.05 Å². The lowest BCUT2D eigenvalue weighted by molar-refractivity contribution is -0.120. The van der Waals surface area contributed by atoms with Crippen LogP contribution in [0.1, 0.15) is 17.2 Å². The molecule has 1 atom stereocenters. The van der Waals surface area contributed by atoms with Gasteiger partial charge in [0.25, 0.3) is 0 Å². The zero-order valence-corrected chi connectivity index (χ0v) is 14.8. The molecule has 2 heterocycles. The van der Waals surface area contributed by atoms with Gasteiger partial charge in [-0.05, 0) is 31.2 Å². The van der Waals surface area contributed by atoms with Crippen LogP contribution in [-0.2, 0) is 18.3 Å². The fourth-order valence-electron chi connectivity index (χ4n) is 2.76. The van der Waals surface area contributed by atoms with Gasteiger partial charge < -0.3 is 10.2 Å². The standard InChI is InChI=1S/C15H17BrN4O.ClH/c1-17-14(11-8-18-19(2)9-11)15(21)20-6-5-10-3-4-12(16)7-13(10)20;/h3-4,7-9,14,17H,5-6H2,1-2H3;1H. The predicted molar refractivity (Wildman–Crippen MR) is 92.5 cm³/mol. The van der Waals surface area contributed by atoms with E-state index in [9.17, 15) is 4.79 Å². The Morgan fingerprint density at radius 2 is 2.23 bits per heavy atom. The van der Waals surface area contributed by atoms with Crippen molar-refractivity contribution >= 4 is 39.9 Å². The number of halogens is 2. The molecule has 5 nitrogen and oxygen atoms in total. The Kier molecular flexibility index (Phi) is 5.26. The normalized spacial score (nSPS) is 14.4. The van der Waals surface area contributed by atoms with Crippen LogP contribution in [0, 0.1) is 0 Å². The minimum atomic E-state index is -0.372. The molecule has 0 saturated heterocycles. The third-order valence-electron chi connectivity index (χ3n) is 3.80. The van der Waals surface area contributed by atoms with Gasteiger partial charge in [0.15, 0.2) is 0 Å². The first-order chi connectivity index (χ1) is 10.1. The van der Waals surface area contributed by atoms with Crippen molar-refractivity contribution < 1.29 is 4.79 Å². The molecular weight excluding hydrogens is 368 g/mol. The Morgan fingerprint density at radius 3 is 2.86 bits per heavy atom. The van der Waals surface area contributed by atoms with Crippen molar-refractivity contribution in [3.05, 3.63) is 46.2 Å². The highest BCUT2D eigenvalue weighted by Crippen LogP contribution is 2.32. The Hall–Kier alpha value is -1.37. The summed E-state index contributed by atoms with van der Waals surface area (Å²) >= 11 is 3.48. The van der Waals surface area contributed by atoms with Crippen molar-refractivity contribution in [1.82, 2.24) is 15.1 Å². The molecule has 3 rings (SSSR count). The fraction of sp³-hybridized carbons (Fsp3) is 0.333. The van der Waals surface area contributed by atoms with E-state index in [2.05, 4.69) is 32.4 Å². The number of rotatable bonds is 3. The predicted octanol–water partition coefficient (Wildman–Crippen LogP) is 2.45. The number of carbonyl (C=O) groups is 1. The van der Waals surface area contributed by atoms with E-state index in [1.807, 2.05) is 30.3 Å². The van der Waals surface area contributed by atoms with Crippen LogP contribution in [0.2, 0.25) is 0 Å². The molecule has 0 spiro atoms. The smallest absolute Gasteiger partial charge is 0.248 e. The Labute approximate surface area is 144 Å². The number of carbonyl (C=O) groups excluding carboxylic acids is 1. The summed E-state index contributed by atoms with van der Waals surface area (Å²) in [5.74, 6) is 0.0577. The van der Waals surface area contributed by atoms with E-state index in [0.717, 1.165) is 28.7 Å². The lowest BCUT2D eigenvalue weighted by atomic mass is 10.1. The minimum absolute atomic E-state index is 0. The van der Waals surface area contributed by atoms with Gasteiger partial charge in [-0.15, -0.1) is 12.4 Å². The van der Waals surface area contributed by atoms with Crippen LogP contribution in [0.25, 0.3) is 0 Å². The first-order valence-corrected chi connectivity index (χ1v) is 7.65. The van der Waals surface area contributed by atoms with Gasteiger partial charge in [-0.3, -0.25) is 9.48 Å². The Morgan fingerprint density at radius 1 is 1.45 bits per heavy atom. The number of fused-ring (bicyclic) bond motifs is 1. The van der Waals surface area contributed by atoms with Gasteiger partial charge in [-0.2, -0.15) is 5.10 Å². The Balaban J connectivity index is 0.00000176. The largest absolute Gasteiger partial charge is 0.310 e. The summed E-state index contributed by atoms with van der Waals surface area (Å²) in [6.45, 7) is 0.725. The van der Waals surface area contributed by atoms with E-state index in [0.29, 0.717) is 0 Å². The molecule has 0 aliphatic carbocycles. The Bertz CT molecular complexity index is 688. The fourth-order valence-corrected chi connectivity index (χ4v) is 3.11. The van der Waals surface area contributed by atoms with Gasteiger partial charge in [0.2, 0.25) is 5.91 Å². The summed E-state index contributed by atoms with van der Waals surface area (Å²) in [5, 5.41) is 7.25. The molecule has 0 saturated carbocycles. The maximum Gasteiger partial charge on any atom is 0.248 e. The summed E-state index contributed by atoms with van der Waals surface area (Å²) in [5.41, 5.74) is 3.10. The van der Waals surface area contributed by atoms with E-state index in [-0.39, 0.29) is 24.4 Å². The number of aryl methyl sites for hydroxylation is 1. The molecule has 1 amide bonds. The first-order valence-electron chi connectivity index (χ1n) is 6.86. The second-order valence-electron chi connectivity index (χ2n) is 5.18. The number of nitrogens with one attached hydrogen (secondary N) is 1. The van der Waals surface area contributed by atoms with Crippen molar-refractivity contribution in [2.45, 2.75) is 12.5 Å². The third kappa shape index (κ3) is 3.04. The second-order valence-corrected chi connectivity index (χ2v) is 6.10. The summed E-state index contributed by atoms with van der Waals surface area (Å²) in [7, 11) is 3.65. The van der Waals surface area contributed by atoms with Gasteiger partial charge in [-0.1, -0.05) is 22.0 Å². The molecule has 1 aliphatic heterocycles. The maximum atomic E-state index is 12.9. The molecule has 118 valence electrons. The minimum Gasteiger partial charge on any atom is -0.310 e. The van der Waals surface area contributed by atoms with Crippen molar-refractivity contribution in [3.8, 4) is 0 Å². The number of amides is 1. The highest BCUT2D eigenvalue weighted by atomic mass is 79.9. The molecule has 22 heavy (non-hydrogen) atoms. The number of aromatic nitrogens is 2. The molecule has 0 bridgehead atoms. The topological polar surface area (TPSA) is 50.2 Å². The van der Waals surface area contributed by atoms with Gasteiger partial charge in [-0.25, -0.2) is 0 Å². The lowest BCUT2D eigenvalue weighted by Gasteiger charge is -2.23. The van der Waals surface area contributed by atoms with Crippen LogP contribution < -0.4 is 10.2 Å². The van der Waals surface area contributed by atoms with Gasteiger partial charge >= 0.3 is 0 Å². The molecule has 7 heteroatoms. The molecule has 1 aliphatic rings. The number of likely N-dealkylation sites (N-methyl/N-ethyl adjacent to an activating group) is 1. The van der Waals surface area contributed by atoms with Crippen molar-refractivity contribution in [2.75, 3.05) is 18.5 Å². The van der Waals surface area contributed by atoms with Crippen molar-refractivity contribution in [1.29, 1.82) is 0 Å². The molecule has 1 aromatic carbocycles. The number of benzene rings is 1. The molecule has 1 unspecified atom stereocenters. The average molecular weight is 386 g/mol. The van der Waals surface area contributed by atoms with Crippen LogP contribution in [0.4, 0.5) is 5.69 Å². The summed E-state index contributed by atoms with van der Waals surface area (Å²) < 4.78 is 2.70. The van der Waals surface area contributed by atoms with E-state index in [1.165, 1.54) is 5.56 Å². The van der Waals surface area contributed by atoms with Gasteiger partial charge in [0.1, 0.15) is 6.04 Å². The SMILES string of the molecule is CNC(C(=O)N1CCc2ccc(Br)cc21)c1cnn(C)c1.Cl. The molecule has 1 aromatic heterocycles. The van der Waals surface area contributed by atoms with Crippen LogP contribution in [0.15, 0.2) is 35.1 Å². The van der Waals surface area contributed by atoms with Crippen molar-refractivity contribution in [3.63, 3.8) is 0 Å². The zero-order chi connectivity index (χ0) is 15.0. The first kappa shape index (κ1) is 17.0. The van der Waals surface area contributed by atoms with Crippen LogP contribution in [0.3, 0.4) is 0 Å². The molecule has 2 aromatic rings. The summed E-state index contributed by atoms with van der Waals surface area (Å²) in [6, 6.07) is 5.73. The second kappa shape index (κ2) is 6.81. The van der Waals surface area contributed by atoms with Crippen LogP contribution >= 0.6 is 28.3 Å². The average Bonchev–Trinajstić information content (AvgIpc) is 3.05. The highest BCUT2D eigenvalue weighted by molar-refractivity contribution is 9.10. The van der Waals surface area contributed by atoms with Gasteiger partial charge in [0, 0.05) is 35.5 Å². The monoisotopic (exact) mass is 384 g/mol. The highest BCUT2D eigenvalue weighted by Gasteiger charge is 2.31. The molecule has 1 N–H and O–H groups in total. The van der Waals surface area contributed by atoms with Gasteiger partial charge in [0.05, 0.1) is 6.20 Å². The molecular formula is C15H18BrClN4O.